The third-order valence-electron chi connectivity index (χ3n) is 3.85. The van der Waals surface area contributed by atoms with Gasteiger partial charge in [0.2, 0.25) is 5.91 Å². The minimum Gasteiger partial charge on any atom is -0.494 e. The molecule has 27 heavy (non-hydrogen) atoms. The van der Waals surface area contributed by atoms with Crippen LogP contribution in [0.25, 0.3) is 0 Å². The van der Waals surface area contributed by atoms with Crippen molar-refractivity contribution in [3.8, 4) is 17.2 Å². The number of anilines is 1. The number of carbonyl (C=O) groups is 1. The minimum absolute atomic E-state index is 0.181. The topological polar surface area (TPSA) is 66.0 Å². The monoisotopic (exact) mass is 377 g/mol. The van der Waals surface area contributed by atoms with Crippen LogP contribution in [0.3, 0.4) is 0 Å². The normalized spacial score (nSPS) is 10.4. The number of methoxy groups -OCH3 is 3. The Kier molecular flexibility index (Phi) is 7.88. The summed E-state index contributed by atoms with van der Waals surface area (Å²) in [6.45, 7) is 0.811. The number of aryl methyl sites for hydroxylation is 1. The molecule has 2 aromatic rings. The van der Waals surface area contributed by atoms with Crippen LogP contribution in [-0.4, -0.2) is 40.5 Å². The molecule has 0 aliphatic heterocycles. The molecule has 7 heteroatoms. The zero-order valence-corrected chi connectivity index (χ0v) is 15.7. The summed E-state index contributed by atoms with van der Waals surface area (Å²) >= 11 is 0. The van der Waals surface area contributed by atoms with Crippen molar-refractivity contribution in [2.75, 3.05) is 39.9 Å². The van der Waals surface area contributed by atoms with E-state index in [9.17, 15) is 9.18 Å². The first-order chi connectivity index (χ1) is 13.1. The third kappa shape index (κ3) is 6.14. The Balaban J connectivity index is 1.94. The number of nitrogens with one attached hydrogen (secondary N) is 1. The molecule has 0 unspecified atom stereocenters. The van der Waals surface area contributed by atoms with Crippen molar-refractivity contribution >= 4 is 11.6 Å². The quantitative estimate of drug-likeness (QED) is 0.643. The molecule has 0 spiro atoms. The molecule has 0 aliphatic rings. The van der Waals surface area contributed by atoms with Crippen LogP contribution in [0.2, 0.25) is 0 Å². The molecule has 0 bridgehead atoms. The average molecular weight is 377 g/mol. The second-order valence-electron chi connectivity index (χ2n) is 5.72. The van der Waals surface area contributed by atoms with Gasteiger partial charge in [-0.2, -0.15) is 0 Å². The van der Waals surface area contributed by atoms with Crippen LogP contribution < -0.4 is 19.5 Å². The number of carbonyl (C=O) groups excluding carboxylic acids is 1. The van der Waals surface area contributed by atoms with Gasteiger partial charge in [0.15, 0.2) is 23.1 Å². The van der Waals surface area contributed by atoms with Gasteiger partial charge in [0.05, 0.1) is 20.8 Å². The molecule has 0 aromatic heterocycles. The van der Waals surface area contributed by atoms with Gasteiger partial charge >= 0.3 is 0 Å². The fourth-order valence-electron chi connectivity index (χ4n) is 2.45. The Morgan fingerprint density at radius 3 is 2.37 bits per heavy atom. The summed E-state index contributed by atoms with van der Waals surface area (Å²) in [7, 11) is 4.55. The fraction of sp³-hybridized carbons (Fsp3) is 0.350. The molecule has 0 aliphatic carbocycles. The fourth-order valence-corrected chi connectivity index (χ4v) is 2.45. The minimum atomic E-state index is -0.441. The summed E-state index contributed by atoms with van der Waals surface area (Å²) in [6, 6.07) is 9.81. The van der Waals surface area contributed by atoms with E-state index in [0.29, 0.717) is 36.8 Å². The molecule has 0 radical (unpaired) electrons. The first-order valence-corrected chi connectivity index (χ1v) is 8.49. The zero-order valence-electron chi connectivity index (χ0n) is 15.7. The first-order valence-electron chi connectivity index (χ1n) is 8.49. The second-order valence-corrected chi connectivity index (χ2v) is 5.72. The van der Waals surface area contributed by atoms with Gasteiger partial charge in [0.1, 0.15) is 6.61 Å². The zero-order chi connectivity index (χ0) is 19.6. The van der Waals surface area contributed by atoms with Crippen molar-refractivity contribution in [3.63, 3.8) is 0 Å². The van der Waals surface area contributed by atoms with Crippen LogP contribution in [0.15, 0.2) is 36.4 Å². The number of amides is 1. The van der Waals surface area contributed by atoms with E-state index in [1.165, 1.54) is 13.2 Å². The van der Waals surface area contributed by atoms with Gasteiger partial charge in [-0.15, -0.1) is 0 Å². The van der Waals surface area contributed by atoms with Crippen LogP contribution in [0.1, 0.15) is 12.0 Å². The smallest absolute Gasteiger partial charge is 0.224 e. The Bertz CT molecular complexity index is 766. The lowest BCUT2D eigenvalue weighted by molar-refractivity contribution is -0.116. The Hall–Kier alpha value is -2.80. The lowest BCUT2D eigenvalue weighted by atomic mass is 10.1. The molecule has 1 amide bonds. The van der Waals surface area contributed by atoms with E-state index in [1.54, 1.807) is 44.6 Å². The highest BCUT2D eigenvalue weighted by molar-refractivity contribution is 5.91. The van der Waals surface area contributed by atoms with Crippen molar-refractivity contribution < 1.29 is 28.1 Å². The van der Waals surface area contributed by atoms with Crippen molar-refractivity contribution in [3.05, 3.63) is 47.8 Å². The van der Waals surface area contributed by atoms with E-state index in [4.69, 9.17) is 18.9 Å². The van der Waals surface area contributed by atoms with Crippen molar-refractivity contribution in [1.29, 1.82) is 0 Å². The average Bonchev–Trinajstić information content (AvgIpc) is 2.67. The van der Waals surface area contributed by atoms with E-state index in [1.807, 2.05) is 0 Å². The lowest BCUT2D eigenvalue weighted by Gasteiger charge is -2.13. The number of benzene rings is 2. The molecule has 0 saturated heterocycles. The van der Waals surface area contributed by atoms with Crippen molar-refractivity contribution in [2.45, 2.75) is 12.8 Å². The van der Waals surface area contributed by atoms with Gasteiger partial charge in [0.25, 0.3) is 0 Å². The molecular weight excluding hydrogens is 353 g/mol. The molecule has 2 rings (SSSR count). The summed E-state index contributed by atoms with van der Waals surface area (Å²) in [5.74, 6) is 0.646. The Labute approximate surface area is 158 Å². The number of halogens is 1. The number of ether oxygens (including phenoxy) is 4. The van der Waals surface area contributed by atoms with Crippen molar-refractivity contribution in [1.82, 2.24) is 0 Å². The molecule has 1 N–H and O–H groups in total. The highest BCUT2D eigenvalue weighted by Crippen LogP contribution is 2.30. The van der Waals surface area contributed by atoms with Gasteiger partial charge < -0.3 is 24.3 Å². The predicted octanol–water partition coefficient (Wildman–Crippen LogP) is 3.44. The van der Waals surface area contributed by atoms with Crippen LogP contribution in [-0.2, 0) is 16.0 Å². The molecule has 6 nitrogen and oxygen atoms in total. The predicted molar refractivity (Wildman–Crippen MR) is 100 cm³/mol. The van der Waals surface area contributed by atoms with Gasteiger partial charge in [-0.25, -0.2) is 4.39 Å². The van der Waals surface area contributed by atoms with E-state index in [-0.39, 0.29) is 18.1 Å². The third-order valence-corrected chi connectivity index (χ3v) is 3.85. The van der Waals surface area contributed by atoms with E-state index in [2.05, 4.69) is 5.32 Å². The van der Waals surface area contributed by atoms with E-state index >= 15 is 0 Å². The standard InChI is InChI=1S/C20H24FNO5/c1-24-10-11-27-19-13-15(6-8-18(19)26-3)22-20(23)9-5-14-4-7-17(25-2)16(21)12-14/h4,6-8,12-13H,5,9-11H2,1-3H3,(H,22,23). The summed E-state index contributed by atoms with van der Waals surface area (Å²) in [6.07, 6.45) is 0.637. The number of rotatable bonds is 10. The maximum absolute atomic E-state index is 13.7. The second kappa shape index (κ2) is 10.4. The molecule has 2 aromatic carbocycles. The van der Waals surface area contributed by atoms with Crippen LogP contribution in [0.5, 0.6) is 17.2 Å². The highest BCUT2D eigenvalue weighted by atomic mass is 19.1. The van der Waals surface area contributed by atoms with Crippen molar-refractivity contribution in [2.24, 2.45) is 0 Å². The van der Waals surface area contributed by atoms with Crippen LogP contribution in [0, 0.1) is 5.82 Å². The maximum atomic E-state index is 13.7. The lowest BCUT2D eigenvalue weighted by Crippen LogP contribution is -2.13. The SMILES string of the molecule is COCCOc1cc(NC(=O)CCc2ccc(OC)c(F)c2)ccc1OC. The van der Waals surface area contributed by atoms with Gasteiger partial charge in [0, 0.05) is 25.3 Å². The van der Waals surface area contributed by atoms with Crippen LogP contribution >= 0.6 is 0 Å². The number of hydrogen-bond acceptors (Lipinski definition) is 5. The first kappa shape index (κ1) is 20.5. The summed E-state index contributed by atoms with van der Waals surface area (Å²) in [5, 5.41) is 2.81. The van der Waals surface area contributed by atoms with E-state index < -0.39 is 5.82 Å². The highest BCUT2D eigenvalue weighted by Gasteiger charge is 2.10. The van der Waals surface area contributed by atoms with Gasteiger partial charge in [-0.1, -0.05) is 6.07 Å². The van der Waals surface area contributed by atoms with E-state index in [0.717, 1.165) is 5.56 Å². The summed E-state index contributed by atoms with van der Waals surface area (Å²) < 4.78 is 34.4. The molecule has 0 heterocycles. The summed E-state index contributed by atoms with van der Waals surface area (Å²) in [5.41, 5.74) is 1.32. The maximum Gasteiger partial charge on any atom is 0.224 e. The molecule has 0 atom stereocenters. The summed E-state index contributed by atoms with van der Waals surface area (Å²) in [4.78, 5) is 12.2. The van der Waals surface area contributed by atoms with Crippen LogP contribution in [0.4, 0.5) is 10.1 Å². The molecule has 0 fully saturated rings. The molecule has 146 valence electrons. The Morgan fingerprint density at radius 2 is 1.70 bits per heavy atom. The number of hydrogen-bond donors (Lipinski definition) is 1. The molecular formula is C20H24FNO5. The largest absolute Gasteiger partial charge is 0.494 e. The van der Waals surface area contributed by atoms with Gasteiger partial charge in [-0.3, -0.25) is 4.79 Å². The molecule has 0 saturated carbocycles. The Morgan fingerprint density at radius 1 is 0.963 bits per heavy atom. The van der Waals surface area contributed by atoms with Gasteiger partial charge in [-0.05, 0) is 36.2 Å².